The van der Waals surface area contributed by atoms with Crippen molar-refractivity contribution in [1.82, 2.24) is 5.32 Å². The minimum absolute atomic E-state index is 0.0582. The SMILES string of the molecule is CCC(NC(c1ccccc1)C(F)(F)F)C1CCCCC1. The highest BCUT2D eigenvalue weighted by Crippen LogP contribution is 2.35. The highest BCUT2D eigenvalue weighted by molar-refractivity contribution is 5.20. The van der Waals surface area contributed by atoms with Gasteiger partial charge in [-0.25, -0.2) is 0 Å². The maximum atomic E-state index is 13.4. The number of rotatable bonds is 5. The summed E-state index contributed by atoms with van der Waals surface area (Å²) in [6.07, 6.45) is 2.08. The minimum atomic E-state index is -4.26. The molecule has 1 fully saturated rings. The van der Waals surface area contributed by atoms with Crippen LogP contribution in [0.15, 0.2) is 30.3 Å². The van der Waals surface area contributed by atoms with E-state index in [-0.39, 0.29) is 6.04 Å². The Morgan fingerprint density at radius 2 is 1.71 bits per heavy atom. The summed E-state index contributed by atoms with van der Waals surface area (Å²) in [6, 6.07) is 6.56. The van der Waals surface area contributed by atoms with E-state index >= 15 is 0 Å². The molecule has 118 valence electrons. The van der Waals surface area contributed by atoms with Crippen molar-refractivity contribution in [2.24, 2.45) is 5.92 Å². The molecule has 1 aromatic rings. The summed E-state index contributed by atoms with van der Waals surface area (Å²) in [6.45, 7) is 1.98. The number of benzene rings is 1. The molecule has 1 saturated carbocycles. The Morgan fingerprint density at radius 3 is 2.24 bits per heavy atom. The fraction of sp³-hybridized carbons (Fsp3) is 0.647. The van der Waals surface area contributed by atoms with E-state index in [0.29, 0.717) is 11.5 Å². The molecule has 0 bridgehead atoms. The highest BCUT2D eigenvalue weighted by Gasteiger charge is 2.42. The maximum absolute atomic E-state index is 13.4. The van der Waals surface area contributed by atoms with Crippen molar-refractivity contribution >= 4 is 0 Å². The second kappa shape index (κ2) is 7.30. The fourth-order valence-electron chi connectivity index (χ4n) is 3.36. The highest BCUT2D eigenvalue weighted by atomic mass is 19.4. The monoisotopic (exact) mass is 299 g/mol. The van der Waals surface area contributed by atoms with Crippen molar-refractivity contribution in [2.45, 2.75) is 63.7 Å². The van der Waals surface area contributed by atoms with Crippen LogP contribution in [0.4, 0.5) is 13.2 Å². The number of hydrogen-bond acceptors (Lipinski definition) is 1. The normalized spacial score (nSPS) is 20.2. The third kappa shape index (κ3) is 4.47. The average molecular weight is 299 g/mol. The van der Waals surface area contributed by atoms with Gasteiger partial charge in [0.2, 0.25) is 0 Å². The van der Waals surface area contributed by atoms with Crippen LogP contribution in [0.2, 0.25) is 0 Å². The van der Waals surface area contributed by atoms with Crippen LogP contribution >= 0.6 is 0 Å². The third-order valence-electron chi connectivity index (χ3n) is 4.50. The molecule has 0 aliphatic heterocycles. The first-order valence-electron chi connectivity index (χ1n) is 7.90. The maximum Gasteiger partial charge on any atom is 0.407 e. The van der Waals surface area contributed by atoms with Gasteiger partial charge in [0, 0.05) is 6.04 Å². The van der Waals surface area contributed by atoms with Crippen molar-refractivity contribution < 1.29 is 13.2 Å². The second-order valence-electron chi connectivity index (χ2n) is 5.96. The second-order valence-corrected chi connectivity index (χ2v) is 5.96. The van der Waals surface area contributed by atoms with E-state index in [4.69, 9.17) is 0 Å². The van der Waals surface area contributed by atoms with Crippen molar-refractivity contribution in [3.8, 4) is 0 Å². The van der Waals surface area contributed by atoms with Gasteiger partial charge in [0.1, 0.15) is 6.04 Å². The molecule has 0 saturated heterocycles. The largest absolute Gasteiger partial charge is 0.407 e. The van der Waals surface area contributed by atoms with Gasteiger partial charge in [-0.1, -0.05) is 56.5 Å². The molecule has 0 radical (unpaired) electrons. The summed E-state index contributed by atoms with van der Waals surface area (Å²) in [5, 5.41) is 2.90. The van der Waals surface area contributed by atoms with Gasteiger partial charge in [0.25, 0.3) is 0 Å². The summed E-state index contributed by atoms with van der Waals surface area (Å²) in [5.74, 6) is 0.373. The molecule has 2 atom stereocenters. The molecule has 1 aliphatic rings. The number of halogens is 3. The lowest BCUT2D eigenvalue weighted by molar-refractivity contribution is -0.161. The molecule has 0 spiro atoms. The van der Waals surface area contributed by atoms with Gasteiger partial charge in [-0.3, -0.25) is 5.32 Å². The van der Waals surface area contributed by atoms with Crippen LogP contribution in [-0.2, 0) is 0 Å². The summed E-state index contributed by atoms with van der Waals surface area (Å²) in [5.41, 5.74) is 0.305. The van der Waals surface area contributed by atoms with Crippen LogP contribution < -0.4 is 5.32 Å². The average Bonchev–Trinajstić information content (AvgIpc) is 2.49. The Balaban J connectivity index is 2.13. The molecule has 1 nitrogen and oxygen atoms in total. The lowest BCUT2D eigenvalue weighted by Crippen LogP contribution is -2.44. The third-order valence-corrected chi connectivity index (χ3v) is 4.50. The Hall–Kier alpha value is -1.03. The van der Waals surface area contributed by atoms with Gasteiger partial charge < -0.3 is 0 Å². The summed E-state index contributed by atoms with van der Waals surface area (Å²) >= 11 is 0. The molecule has 0 heterocycles. The molecule has 1 aromatic carbocycles. The van der Waals surface area contributed by atoms with Gasteiger partial charge in [-0.15, -0.1) is 0 Å². The molecule has 4 heteroatoms. The first-order chi connectivity index (χ1) is 10.0. The Labute approximate surface area is 124 Å². The topological polar surface area (TPSA) is 12.0 Å². The predicted molar refractivity (Wildman–Crippen MR) is 79.0 cm³/mol. The van der Waals surface area contributed by atoms with Crippen molar-refractivity contribution in [2.75, 3.05) is 0 Å². The van der Waals surface area contributed by atoms with E-state index in [1.807, 2.05) is 6.92 Å². The lowest BCUT2D eigenvalue weighted by Gasteiger charge is -2.34. The Kier molecular flexibility index (Phi) is 5.68. The summed E-state index contributed by atoms with van der Waals surface area (Å²) in [4.78, 5) is 0. The van der Waals surface area contributed by atoms with E-state index in [0.717, 1.165) is 32.1 Å². The standard InChI is InChI=1S/C17H24F3N/c1-2-15(13-9-5-3-6-10-13)21-16(17(18,19)20)14-11-7-4-8-12-14/h4,7-8,11-13,15-16,21H,2-3,5-6,9-10H2,1H3. The number of nitrogens with one attached hydrogen (secondary N) is 1. The molecular formula is C17H24F3N. The van der Waals surface area contributed by atoms with Gasteiger partial charge in [-0.05, 0) is 30.7 Å². The number of hydrogen-bond donors (Lipinski definition) is 1. The zero-order chi connectivity index (χ0) is 15.3. The summed E-state index contributed by atoms with van der Waals surface area (Å²) in [7, 11) is 0. The fourth-order valence-corrected chi connectivity index (χ4v) is 3.36. The lowest BCUT2D eigenvalue weighted by atomic mass is 9.82. The molecule has 1 N–H and O–H groups in total. The van der Waals surface area contributed by atoms with Crippen LogP contribution in [0.5, 0.6) is 0 Å². The molecule has 0 aromatic heterocycles. The van der Waals surface area contributed by atoms with Crippen LogP contribution in [0, 0.1) is 5.92 Å². The van der Waals surface area contributed by atoms with E-state index < -0.39 is 12.2 Å². The van der Waals surface area contributed by atoms with Crippen molar-refractivity contribution in [1.29, 1.82) is 0 Å². The van der Waals surface area contributed by atoms with Gasteiger partial charge in [0.15, 0.2) is 0 Å². The van der Waals surface area contributed by atoms with Gasteiger partial charge in [0.05, 0.1) is 0 Å². The molecule has 0 amide bonds. The van der Waals surface area contributed by atoms with Crippen LogP contribution in [0.3, 0.4) is 0 Å². The zero-order valence-corrected chi connectivity index (χ0v) is 12.5. The van der Waals surface area contributed by atoms with Crippen LogP contribution in [0.25, 0.3) is 0 Å². The molecule has 2 rings (SSSR count). The van der Waals surface area contributed by atoms with E-state index in [1.54, 1.807) is 30.3 Å². The van der Waals surface area contributed by atoms with Crippen LogP contribution in [-0.4, -0.2) is 12.2 Å². The predicted octanol–water partition coefficient (Wildman–Crippen LogP) is 5.24. The van der Waals surface area contributed by atoms with E-state index in [1.165, 1.54) is 6.42 Å². The van der Waals surface area contributed by atoms with E-state index in [2.05, 4.69) is 5.32 Å². The first-order valence-corrected chi connectivity index (χ1v) is 7.90. The molecule has 2 unspecified atom stereocenters. The molecular weight excluding hydrogens is 275 g/mol. The first kappa shape index (κ1) is 16.3. The van der Waals surface area contributed by atoms with Gasteiger partial charge in [-0.2, -0.15) is 13.2 Å². The molecule has 21 heavy (non-hydrogen) atoms. The Morgan fingerprint density at radius 1 is 1.10 bits per heavy atom. The minimum Gasteiger partial charge on any atom is -0.299 e. The smallest absolute Gasteiger partial charge is 0.299 e. The van der Waals surface area contributed by atoms with Crippen LogP contribution in [0.1, 0.15) is 57.1 Å². The van der Waals surface area contributed by atoms with Gasteiger partial charge >= 0.3 is 6.18 Å². The van der Waals surface area contributed by atoms with Crippen molar-refractivity contribution in [3.63, 3.8) is 0 Å². The zero-order valence-electron chi connectivity index (χ0n) is 12.5. The van der Waals surface area contributed by atoms with E-state index in [9.17, 15) is 13.2 Å². The Bertz CT molecular complexity index is 410. The summed E-state index contributed by atoms with van der Waals surface area (Å²) < 4.78 is 40.2. The number of alkyl halides is 3. The quantitative estimate of drug-likeness (QED) is 0.784. The molecule has 1 aliphatic carbocycles. The van der Waals surface area contributed by atoms with Crippen molar-refractivity contribution in [3.05, 3.63) is 35.9 Å².